The van der Waals surface area contributed by atoms with Crippen LogP contribution in [0.25, 0.3) is 10.2 Å². The molecule has 0 aliphatic carbocycles. The Morgan fingerprint density at radius 3 is 3.05 bits per heavy atom. The predicted octanol–water partition coefficient (Wildman–Crippen LogP) is 2.26. The number of hydrogen-bond donors (Lipinski definition) is 2. The number of β-amino-alcohol motifs (C(OH)–C–C–N with tert-alkyl or cyclic N) is 1. The molecular formula is C14H20N4OS. The zero-order chi connectivity index (χ0) is 14.1. The Labute approximate surface area is 122 Å². The van der Waals surface area contributed by atoms with Gasteiger partial charge < -0.3 is 15.3 Å². The third kappa shape index (κ3) is 2.45. The Morgan fingerprint density at radius 2 is 2.35 bits per heavy atom. The molecule has 1 atom stereocenters. The van der Waals surface area contributed by atoms with E-state index < -0.39 is 0 Å². The van der Waals surface area contributed by atoms with Crippen molar-refractivity contribution in [2.45, 2.75) is 32.3 Å². The maximum absolute atomic E-state index is 9.89. The molecular weight excluding hydrogens is 272 g/mol. The van der Waals surface area contributed by atoms with Crippen molar-refractivity contribution in [3.63, 3.8) is 0 Å². The first-order chi connectivity index (χ1) is 9.71. The molecule has 2 aromatic heterocycles. The van der Waals surface area contributed by atoms with Crippen LogP contribution in [0.4, 0.5) is 11.8 Å². The minimum Gasteiger partial charge on any atom is -0.391 e. The van der Waals surface area contributed by atoms with Crippen molar-refractivity contribution in [1.29, 1.82) is 0 Å². The van der Waals surface area contributed by atoms with Crippen LogP contribution >= 0.6 is 11.3 Å². The molecule has 5 nitrogen and oxygen atoms in total. The Hall–Kier alpha value is -1.40. The minimum absolute atomic E-state index is 0.254. The number of thiophene rings is 1. The van der Waals surface area contributed by atoms with Crippen molar-refractivity contribution < 1.29 is 5.11 Å². The van der Waals surface area contributed by atoms with Crippen molar-refractivity contribution in [2.75, 3.05) is 30.4 Å². The Morgan fingerprint density at radius 1 is 1.50 bits per heavy atom. The van der Waals surface area contributed by atoms with Gasteiger partial charge in [-0.05, 0) is 25.3 Å². The summed E-state index contributed by atoms with van der Waals surface area (Å²) < 4.78 is 0. The van der Waals surface area contributed by atoms with Gasteiger partial charge in [0.2, 0.25) is 5.95 Å². The third-order valence-corrected chi connectivity index (χ3v) is 4.87. The number of aryl methyl sites for hydroxylation is 1. The number of nitrogens with zero attached hydrogens (tertiary/aromatic N) is 3. The Kier molecular flexibility index (Phi) is 3.76. The number of aliphatic hydroxyl groups is 1. The summed E-state index contributed by atoms with van der Waals surface area (Å²) in [6.07, 6.45) is 2.65. The highest BCUT2D eigenvalue weighted by Crippen LogP contribution is 2.33. The molecule has 1 saturated heterocycles. The molecule has 3 rings (SSSR count). The van der Waals surface area contributed by atoms with Gasteiger partial charge in [-0.25, -0.2) is 4.98 Å². The van der Waals surface area contributed by atoms with Crippen molar-refractivity contribution in [2.24, 2.45) is 0 Å². The number of nitrogens with one attached hydrogen (secondary N) is 1. The molecule has 20 heavy (non-hydrogen) atoms. The smallest absolute Gasteiger partial charge is 0.225 e. The van der Waals surface area contributed by atoms with Crippen LogP contribution < -0.4 is 10.2 Å². The van der Waals surface area contributed by atoms with Crippen LogP contribution in [-0.4, -0.2) is 41.3 Å². The lowest BCUT2D eigenvalue weighted by molar-refractivity contribution is 0.154. The van der Waals surface area contributed by atoms with Gasteiger partial charge in [-0.3, -0.25) is 0 Å². The van der Waals surface area contributed by atoms with Gasteiger partial charge in [0, 0.05) is 25.0 Å². The molecule has 0 bridgehead atoms. The van der Waals surface area contributed by atoms with E-state index in [1.54, 1.807) is 11.3 Å². The monoisotopic (exact) mass is 292 g/mol. The van der Waals surface area contributed by atoms with E-state index in [0.717, 1.165) is 41.8 Å². The van der Waals surface area contributed by atoms with Gasteiger partial charge in [-0.15, -0.1) is 11.3 Å². The molecule has 0 aromatic carbocycles. The lowest BCUT2D eigenvalue weighted by atomic mass is 10.1. The normalized spacial score (nSPS) is 19.6. The van der Waals surface area contributed by atoms with Crippen molar-refractivity contribution >= 4 is 33.3 Å². The first-order valence-corrected chi connectivity index (χ1v) is 7.94. The second kappa shape index (κ2) is 5.54. The van der Waals surface area contributed by atoms with Crippen molar-refractivity contribution in [3.05, 3.63) is 10.9 Å². The molecule has 0 amide bonds. The summed E-state index contributed by atoms with van der Waals surface area (Å²) in [5.74, 6) is 1.60. The number of rotatable bonds is 3. The van der Waals surface area contributed by atoms with Crippen LogP contribution in [0.2, 0.25) is 0 Å². The molecule has 0 spiro atoms. The summed E-state index contributed by atoms with van der Waals surface area (Å²) in [5, 5.41) is 14.0. The highest BCUT2D eigenvalue weighted by molar-refractivity contribution is 7.18. The second-order valence-corrected chi connectivity index (χ2v) is 6.26. The lowest BCUT2D eigenvalue weighted by Crippen LogP contribution is -2.38. The molecule has 1 fully saturated rings. The number of piperidine rings is 1. The molecule has 1 aliphatic heterocycles. The average Bonchev–Trinajstić information content (AvgIpc) is 2.89. The predicted molar refractivity (Wildman–Crippen MR) is 83.8 cm³/mol. The van der Waals surface area contributed by atoms with Crippen LogP contribution in [-0.2, 0) is 6.42 Å². The van der Waals surface area contributed by atoms with E-state index in [9.17, 15) is 5.11 Å². The Balaban J connectivity index is 2.09. The molecule has 1 unspecified atom stereocenters. The summed E-state index contributed by atoms with van der Waals surface area (Å²) in [6.45, 7) is 3.76. The molecule has 1 aliphatic rings. The number of fused-ring (bicyclic) bond motifs is 1. The largest absolute Gasteiger partial charge is 0.391 e. The first-order valence-electron chi connectivity index (χ1n) is 7.12. The quantitative estimate of drug-likeness (QED) is 0.908. The molecule has 0 saturated carbocycles. The van der Waals surface area contributed by atoms with Gasteiger partial charge in [-0.2, -0.15) is 4.98 Å². The number of anilines is 2. The van der Waals surface area contributed by atoms with E-state index >= 15 is 0 Å². The summed E-state index contributed by atoms with van der Waals surface area (Å²) in [5.41, 5.74) is 0. The second-order valence-electron chi connectivity index (χ2n) is 5.15. The Bertz CT molecular complexity index is 612. The highest BCUT2D eigenvalue weighted by Gasteiger charge is 2.22. The third-order valence-electron chi connectivity index (χ3n) is 3.69. The zero-order valence-corrected chi connectivity index (χ0v) is 12.7. The zero-order valence-electron chi connectivity index (χ0n) is 11.9. The van der Waals surface area contributed by atoms with Gasteiger partial charge in [0.25, 0.3) is 0 Å². The van der Waals surface area contributed by atoms with Crippen LogP contribution in [0.5, 0.6) is 0 Å². The minimum atomic E-state index is -0.254. The number of aliphatic hydroxyl groups excluding tert-OH is 1. The fourth-order valence-corrected chi connectivity index (χ4v) is 3.59. The summed E-state index contributed by atoms with van der Waals surface area (Å²) in [6, 6.07) is 2.19. The summed E-state index contributed by atoms with van der Waals surface area (Å²) >= 11 is 1.73. The molecule has 108 valence electrons. The molecule has 3 heterocycles. The van der Waals surface area contributed by atoms with Crippen LogP contribution in [0.3, 0.4) is 0 Å². The molecule has 6 heteroatoms. The van der Waals surface area contributed by atoms with Gasteiger partial charge in [0.15, 0.2) is 0 Å². The fourth-order valence-electron chi connectivity index (χ4n) is 2.63. The van der Waals surface area contributed by atoms with Crippen LogP contribution in [0, 0.1) is 0 Å². The molecule has 2 N–H and O–H groups in total. The number of hydrogen-bond acceptors (Lipinski definition) is 6. The van der Waals surface area contributed by atoms with E-state index in [0.29, 0.717) is 12.5 Å². The van der Waals surface area contributed by atoms with Gasteiger partial charge in [-0.1, -0.05) is 6.92 Å². The van der Waals surface area contributed by atoms with Crippen LogP contribution in [0.1, 0.15) is 24.6 Å². The molecule has 2 aromatic rings. The molecule has 0 radical (unpaired) electrons. The lowest BCUT2D eigenvalue weighted by Gasteiger charge is -2.31. The first kappa shape index (κ1) is 13.6. The standard InChI is InChI=1S/C14H20N4OS/c1-3-10-7-11-12(18-6-4-5-9(19)8-18)16-14(15-2)17-13(11)20-10/h7,9,19H,3-6,8H2,1-2H3,(H,15,16,17). The van der Waals surface area contributed by atoms with E-state index in [-0.39, 0.29) is 6.10 Å². The summed E-state index contributed by atoms with van der Waals surface area (Å²) in [4.78, 5) is 13.7. The van der Waals surface area contributed by atoms with Gasteiger partial charge in [0.05, 0.1) is 11.5 Å². The SMILES string of the molecule is CCc1cc2c(N3CCCC(O)C3)nc(NC)nc2s1. The van der Waals surface area contributed by atoms with Crippen molar-refractivity contribution in [1.82, 2.24) is 9.97 Å². The van der Waals surface area contributed by atoms with Gasteiger partial charge >= 0.3 is 0 Å². The van der Waals surface area contributed by atoms with E-state index in [1.807, 2.05) is 7.05 Å². The van der Waals surface area contributed by atoms with Crippen molar-refractivity contribution in [3.8, 4) is 0 Å². The number of aromatic nitrogens is 2. The summed E-state index contributed by atoms with van der Waals surface area (Å²) in [7, 11) is 1.84. The maximum atomic E-state index is 9.89. The van der Waals surface area contributed by atoms with Crippen LogP contribution in [0.15, 0.2) is 6.07 Å². The maximum Gasteiger partial charge on any atom is 0.225 e. The highest BCUT2D eigenvalue weighted by atomic mass is 32.1. The van der Waals surface area contributed by atoms with E-state index in [4.69, 9.17) is 0 Å². The van der Waals surface area contributed by atoms with E-state index in [1.165, 1.54) is 4.88 Å². The van der Waals surface area contributed by atoms with E-state index in [2.05, 4.69) is 33.2 Å². The topological polar surface area (TPSA) is 61.3 Å². The average molecular weight is 292 g/mol. The van der Waals surface area contributed by atoms with Gasteiger partial charge in [0.1, 0.15) is 10.6 Å². The fraction of sp³-hybridized carbons (Fsp3) is 0.571.